The topological polar surface area (TPSA) is 12.0 Å². The van der Waals surface area contributed by atoms with E-state index in [1.807, 2.05) is 0 Å². The third-order valence-corrected chi connectivity index (χ3v) is 3.83. The number of hydrogen-bond acceptors (Lipinski definition) is 1. The molecule has 1 aliphatic carbocycles. The van der Waals surface area contributed by atoms with Gasteiger partial charge in [-0.25, -0.2) is 0 Å². The molecule has 0 amide bonds. The fraction of sp³-hybridized carbons (Fsp3) is 0.444. The average Bonchev–Trinajstić information content (AvgIpc) is 2.67. The van der Waals surface area contributed by atoms with Crippen LogP contribution in [0.15, 0.2) is 47.6 Å². The van der Waals surface area contributed by atoms with Gasteiger partial charge in [0, 0.05) is 18.0 Å². The first-order valence-electron chi connectivity index (χ1n) is 7.07. The van der Waals surface area contributed by atoms with Gasteiger partial charge < -0.3 is 5.32 Å². The summed E-state index contributed by atoms with van der Waals surface area (Å²) in [5, 5.41) is 3.59. The Morgan fingerprint density at radius 1 is 1.11 bits per heavy atom. The lowest BCUT2D eigenvalue weighted by molar-refractivity contribution is 0.423. The first-order valence-corrected chi connectivity index (χ1v) is 7.07. The van der Waals surface area contributed by atoms with Crippen molar-refractivity contribution in [2.75, 3.05) is 0 Å². The van der Waals surface area contributed by atoms with E-state index >= 15 is 0 Å². The van der Waals surface area contributed by atoms with Gasteiger partial charge in [0.25, 0.3) is 0 Å². The van der Waals surface area contributed by atoms with E-state index in [1.165, 1.54) is 22.3 Å². The fourth-order valence-electron chi connectivity index (χ4n) is 2.46. The number of nitrogens with one attached hydrogen (secondary N) is 1. The summed E-state index contributed by atoms with van der Waals surface area (Å²) in [6, 6.07) is 8.78. The van der Waals surface area contributed by atoms with Crippen LogP contribution in [0.3, 0.4) is 0 Å². The maximum Gasteiger partial charge on any atom is 0.0237 e. The van der Waals surface area contributed by atoms with Gasteiger partial charge in [-0.05, 0) is 45.7 Å². The van der Waals surface area contributed by atoms with Gasteiger partial charge in [0.1, 0.15) is 0 Å². The van der Waals surface area contributed by atoms with E-state index < -0.39 is 0 Å². The average molecular weight is 255 g/mol. The highest BCUT2D eigenvalue weighted by Crippen LogP contribution is 2.35. The zero-order valence-electron chi connectivity index (χ0n) is 12.7. The highest BCUT2D eigenvalue weighted by Gasteiger charge is 2.19. The van der Waals surface area contributed by atoms with E-state index in [2.05, 4.69) is 76.4 Å². The molecular formula is C18H25N. The Morgan fingerprint density at radius 3 is 2.37 bits per heavy atom. The maximum atomic E-state index is 3.59. The van der Waals surface area contributed by atoms with E-state index in [4.69, 9.17) is 0 Å². The molecule has 1 aromatic rings. The Kier molecular flexibility index (Phi) is 3.96. The summed E-state index contributed by atoms with van der Waals surface area (Å²) >= 11 is 0. The van der Waals surface area contributed by atoms with E-state index in [0.717, 1.165) is 6.54 Å². The number of allylic oxidation sites excluding steroid dienone is 4. The van der Waals surface area contributed by atoms with Crippen LogP contribution in [0.2, 0.25) is 0 Å². The molecule has 1 atom stereocenters. The fourth-order valence-corrected chi connectivity index (χ4v) is 2.46. The second-order valence-electron chi connectivity index (χ2n) is 6.51. The van der Waals surface area contributed by atoms with Gasteiger partial charge in [0.15, 0.2) is 0 Å². The van der Waals surface area contributed by atoms with Crippen LogP contribution in [0.25, 0.3) is 0 Å². The molecule has 0 aromatic heterocycles. The van der Waals surface area contributed by atoms with E-state index in [-0.39, 0.29) is 5.54 Å². The third kappa shape index (κ3) is 3.36. The number of hydrogen-bond donors (Lipinski definition) is 1. The van der Waals surface area contributed by atoms with Crippen molar-refractivity contribution in [3.8, 4) is 0 Å². The molecule has 1 aliphatic rings. The second-order valence-corrected chi connectivity index (χ2v) is 6.51. The molecule has 0 aliphatic heterocycles. The smallest absolute Gasteiger partial charge is 0.0237 e. The molecule has 102 valence electrons. The lowest BCUT2D eigenvalue weighted by Crippen LogP contribution is -2.35. The van der Waals surface area contributed by atoms with Crippen LogP contribution in [0.4, 0.5) is 0 Å². The Balaban J connectivity index is 2.25. The van der Waals surface area contributed by atoms with Gasteiger partial charge in [-0.3, -0.25) is 0 Å². The van der Waals surface area contributed by atoms with Crippen molar-refractivity contribution in [3.63, 3.8) is 0 Å². The normalized spacial score (nSPS) is 19.3. The lowest BCUT2D eigenvalue weighted by Gasteiger charge is -2.23. The van der Waals surface area contributed by atoms with Crippen LogP contribution in [-0.2, 0) is 6.54 Å². The van der Waals surface area contributed by atoms with Crippen molar-refractivity contribution in [3.05, 3.63) is 58.7 Å². The molecule has 0 heterocycles. The zero-order valence-corrected chi connectivity index (χ0v) is 12.7. The molecule has 1 N–H and O–H groups in total. The van der Waals surface area contributed by atoms with Crippen LogP contribution in [0, 0.1) is 0 Å². The van der Waals surface area contributed by atoms with Crippen LogP contribution in [0.1, 0.15) is 51.7 Å². The first kappa shape index (κ1) is 14.1. The van der Waals surface area contributed by atoms with Gasteiger partial charge in [0.2, 0.25) is 0 Å². The molecule has 1 aromatic carbocycles. The van der Waals surface area contributed by atoms with Crippen molar-refractivity contribution >= 4 is 0 Å². The Bertz CT molecular complexity index is 515. The highest BCUT2D eigenvalue weighted by atomic mass is 14.9. The number of benzene rings is 1. The third-order valence-electron chi connectivity index (χ3n) is 3.83. The minimum absolute atomic E-state index is 0.152. The summed E-state index contributed by atoms with van der Waals surface area (Å²) in [4.78, 5) is 0. The summed E-state index contributed by atoms with van der Waals surface area (Å²) in [5.74, 6) is 0.456. The summed E-state index contributed by atoms with van der Waals surface area (Å²) in [5.41, 5.74) is 5.87. The lowest BCUT2D eigenvalue weighted by atomic mass is 9.90. The molecule has 1 unspecified atom stereocenters. The van der Waals surface area contributed by atoms with Crippen LogP contribution < -0.4 is 5.32 Å². The van der Waals surface area contributed by atoms with Crippen molar-refractivity contribution in [1.82, 2.24) is 5.32 Å². The maximum absolute atomic E-state index is 3.59. The van der Waals surface area contributed by atoms with Crippen LogP contribution in [0.5, 0.6) is 0 Å². The van der Waals surface area contributed by atoms with E-state index in [0.29, 0.717) is 5.92 Å². The summed E-state index contributed by atoms with van der Waals surface area (Å²) < 4.78 is 0. The molecule has 0 fully saturated rings. The van der Waals surface area contributed by atoms with Crippen LogP contribution in [-0.4, -0.2) is 5.54 Å². The molecule has 0 saturated heterocycles. The Morgan fingerprint density at radius 2 is 1.79 bits per heavy atom. The zero-order chi connectivity index (χ0) is 14.0. The predicted octanol–water partition coefficient (Wildman–Crippen LogP) is 4.56. The van der Waals surface area contributed by atoms with Crippen molar-refractivity contribution in [2.24, 2.45) is 0 Å². The van der Waals surface area contributed by atoms with Crippen molar-refractivity contribution < 1.29 is 0 Å². The Hall–Kier alpha value is -1.34. The van der Waals surface area contributed by atoms with Gasteiger partial charge in [0.05, 0.1) is 0 Å². The van der Waals surface area contributed by atoms with Gasteiger partial charge in [-0.1, -0.05) is 47.6 Å². The standard InChI is InChI=1S/C18H25N/c1-13-10-11-16(14(13)2)17-9-7-6-8-15(17)12-19-18(3,4)5/h6-11,16,19H,12H2,1-5H3. The predicted molar refractivity (Wildman–Crippen MR) is 83.3 cm³/mol. The van der Waals surface area contributed by atoms with Gasteiger partial charge in [-0.15, -0.1) is 0 Å². The molecule has 2 rings (SSSR count). The molecular weight excluding hydrogens is 230 g/mol. The molecule has 19 heavy (non-hydrogen) atoms. The molecule has 0 radical (unpaired) electrons. The Labute approximate surface area is 117 Å². The minimum atomic E-state index is 0.152. The summed E-state index contributed by atoms with van der Waals surface area (Å²) in [6.07, 6.45) is 4.56. The van der Waals surface area contributed by atoms with E-state index in [1.54, 1.807) is 0 Å². The second kappa shape index (κ2) is 5.34. The number of rotatable bonds is 3. The molecule has 0 saturated carbocycles. The summed E-state index contributed by atoms with van der Waals surface area (Å²) in [6.45, 7) is 12.0. The van der Waals surface area contributed by atoms with Crippen molar-refractivity contribution in [1.29, 1.82) is 0 Å². The SMILES string of the molecule is CC1=C(C)C(c2ccccc2CNC(C)(C)C)C=C1. The largest absolute Gasteiger partial charge is 0.308 e. The highest BCUT2D eigenvalue weighted by molar-refractivity contribution is 5.47. The minimum Gasteiger partial charge on any atom is -0.308 e. The van der Waals surface area contributed by atoms with E-state index in [9.17, 15) is 0 Å². The van der Waals surface area contributed by atoms with Crippen LogP contribution >= 0.6 is 0 Å². The molecule has 0 bridgehead atoms. The van der Waals surface area contributed by atoms with Crippen molar-refractivity contribution in [2.45, 2.75) is 52.6 Å². The molecule has 1 nitrogen and oxygen atoms in total. The first-order chi connectivity index (χ1) is 8.88. The quantitative estimate of drug-likeness (QED) is 0.834. The molecule has 0 spiro atoms. The van der Waals surface area contributed by atoms with Gasteiger partial charge >= 0.3 is 0 Å². The van der Waals surface area contributed by atoms with Gasteiger partial charge in [-0.2, -0.15) is 0 Å². The monoisotopic (exact) mass is 255 g/mol. The molecule has 1 heteroatoms. The summed E-state index contributed by atoms with van der Waals surface area (Å²) in [7, 11) is 0.